The lowest BCUT2D eigenvalue weighted by Gasteiger charge is -2.17. The number of carbonyl (C=O) groups is 2. The molecule has 0 aromatic heterocycles. The van der Waals surface area contributed by atoms with Crippen LogP contribution in [0.1, 0.15) is 31.1 Å². The van der Waals surface area contributed by atoms with Gasteiger partial charge in [0.05, 0.1) is 17.1 Å². The normalized spacial score (nSPS) is 12.1. The summed E-state index contributed by atoms with van der Waals surface area (Å²) in [6.07, 6.45) is 0. The van der Waals surface area contributed by atoms with Crippen LogP contribution >= 0.6 is 11.6 Å². The maximum atomic E-state index is 11.7. The molecule has 1 aromatic rings. The smallest absolute Gasteiger partial charge is 0.250 e. The van der Waals surface area contributed by atoms with Crippen molar-refractivity contribution in [2.24, 2.45) is 11.7 Å². The van der Waals surface area contributed by atoms with Crippen LogP contribution in [0.3, 0.4) is 0 Å². The highest BCUT2D eigenvalue weighted by atomic mass is 35.5. The van der Waals surface area contributed by atoms with Gasteiger partial charge >= 0.3 is 0 Å². The van der Waals surface area contributed by atoms with Gasteiger partial charge in [0, 0.05) is 11.7 Å². The van der Waals surface area contributed by atoms with Crippen molar-refractivity contribution in [2.75, 3.05) is 11.9 Å². The van der Waals surface area contributed by atoms with Gasteiger partial charge in [-0.3, -0.25) is 9.59 Å². The van der Waals surface area contributed by atoms with Gasteiger partial charge < -0.3 is 16.4 Å². The van der Waals surface area contributed by atoms with Crippen molar-refractivity contribution >= 4 is 29.1 Å². The molecule has 0 aliphatic carbocycles. The molecule has 2 amide bonds. The van der Waals surface area contributed by atoms with Crippen LogP contribution in [0.25, 0.3) is 0 Å². The van der Waals surface area contributed by atoms with Crippen molar-refractivity contribution < 1.29 is 9.59 Å². The first-order chi connectivity index (χ1) is 9.31. The molecule has 1 rings (SSSR count). The first-order valence-electron chi connectivity index (χ1n) is 6.44. The summed E-state index contributed by atoms with van der Waals surface area (Å²) in [5.74, 6) is -0.297. The van der Waals surface area contributed by atoms with Gasteiger partial charge in [0.2, 0.25) is 11.8 Å². The first kappa shape index (κ1) is 16.3. The topological polar surface area (TPSA) is 84.2 Å². The monoisotopic (exact) mass is 297 g/mol. The molecule has 110 valence electrons. The molecule has 0 unspecified atom stereocenters. The predicted molar refractivity (Wildman–Crippen MR) is 80.9 cm³/mol. The van der Waals surface area contributed by atoms with E-state index < -0.39 is 5.91 Å². The highest BCUT2D eigenvalue weighted by molar-refractivity contribution is 6.34. The summed E-state index contributed by atoms with van der Waals surface area (Å²) in [6, 6.07) is 4.87. The van der Waals surface area contributed by atoms with Gasteiger partial charge in [-0.25, -0.2) is 0 Å². The first-order valence-corrected chi connectivity index (χ1v) is 6.81. The van der Waals surface area contributed by atoms with Crippen LogP contribution < -0.4 is 16.4 Å². The van der Waals surface area contributed by atoms with Crippen molar-refractivity contribution in [2.45, 2.75) is 26.8 Å². The van der Waals surface area contributed by atoms with E-state index in [-0.39, 0.29) is 29.1 Å². The molecular formula is C14H20ClN3O2. The van der Waals surface area contributed by atoms with E-state index in [1.807, 2.05) is 20.8 Å². The average Bonchev–Trinajstić information content (AvgIpc) is 2.35. The third-order valence-corrected chi connectivity index (χ3v) is 3.39. The number of nitrogens with one attached hydrogen (secondary N) is 2. The summed E-state index contributed by atoms with van der Waals surface area (Å²) >= 11 is 5.92. The number of hydrogen-bond acceptors (Lipinski definition) is 3. The predicted octanol–water partition coefficient (Wildman–Crippen LogP) is 2.01. The van der Waals surface area contributed by atoms with E-state index in [0.717, 1.165) is 0 Å². The lowest BCUT2D eigenvalue weighted by atomic mass is 10.1. The number of carbonyl (C=O) groups excluding carboxylic acids is 2. The fraction of sp³-hybridized carbons (Fsp3) is 0.429. The third-order valence-electron chi connectivity index (χ3n) is 3.08. The van der Waals surface area contributed by atoms with E-state index in [1.165, 1.54) is 6.07 Å². The van der Waals surface area contributed by atoms with Gasteiger partial charge in [-0.2, -0.15) is 0 Å². The standard InChI is InChI=1S/C14H20ClN3O2/c1-8(2)9(3)18-13(19)7-17-10-4-5-11(14(16)20)12(15)6-10/h4-6,8-9,17H,7H2,1-3H3,(H2,16,20)(H,18,19)/t9-/m0/s1. The van der Waals surface area contributed by atoms with Crippen molar-refractivity contribution in [1.29, 1.82) is 0 Å². The Morgan fingerprint density at radius 1 is 1.30 bits per heavy atom. The van der Waals surface area contributed by atoms with E-state index in [1.54, 1.807) is 12.1 Å². The van der Waals surface area contributed by atoms with Gasteiger partial charge in [-0.15, -0.1) is 0 Å². The Hall–Kier alpha value is -1.75. The second kappa shape index (κ2) is 7.14. The Balaban J connectivity index is 2.56. The molecule has 4 N–H and O–H groups in total. The number of benzene rings is 1. The SMILES string of the molecule is CC(C)[C@H](C)NC(=O)CNc1ccc(C(N)=O)c(Cl)c1. The molecule has 0 radical (unpaired) electrons. The second-order valence-corrected chi connectivity index (χ2v) is 5.42. The average molecular weight is 298 g/mol. The van der Waals surface area contributed by atoms with Crippen LogP contribution in [-0.2, 0) is 4.79 Å². The second-order valence-electron chi connectivity index (χ2n) is 5.01. The number of hydrogen-bond donors (Lipinski definition) is 3. The molecule has 0 fully saturated rings. The summed E-state index contributed by atoms with van der Waals surface area (Å²) in [5, 5.41) is 6.09. The van der Waals surface area contributed by atoms with Crippen LogP contribution in [0.4, 0.5) is 5.69 Å². The van der Waals surface area contributed by atoms with Crippen molar-refractivity contribution in [1.82, 2.24) is 5.32 Å². The fourth-order valence-corrected chi connectivity index (χ4v) is 1.75. The number of nitrogens with two attached hydrogens (primary N) is 1. The molecule has 0 aliphatic rings. The summed E-state index contributed by atoms with van der Waals surface area (Å²) in [6.45, 7) is 6.19. The largest absolute Gasteiger partial charge is 0.376 e. The lowest BCUT2D eigenvalue weighted by molar-refractivity contribution is -0.120. The molecular weight excluding hydrogens is 278 g/mol. The van der Waals surface area contributed by atoms with Gasteiger partial charge in [0.15, 0.2) is 0 Å². The van der Waals surface area contributed by atoms with E-state index in [2.05, 4.69) is 10.6 Å². The van der Waals surface area contributed by atoms with Crippen LogP contribution in [-0.4, -0.2) is 24.4 Å². The van der Waals surface area contributed by atoms with Gasteiger partial charge in [-0.05, 0) is 31.0 Å². The number of primary amides is 1. The van der Waals surface area contributed by atoms with Crippen molar-refractivity contribution in [3.63, 3.8) is 0 Å². The van der Waals surface area contributed by atoms with Gasteiger partial charge in [-0.1, -0.05) is 25.4 Å². The lowest BCUT2D eigenvalue weighted by Crippen LogP contribution is -2.39. The Morgan fingerprint density at radius 2 is 1.95 bits per heavy atom. The zero-order valence-electron chi connectivity index (χ0n) is 11.9. The summed E-state index contributed by atoms with van der Waals surface area (Å²) in [5.41, 5.74) is 6.08. The molecule has 20 heavy (non-hydrogen) atoms. The van der Waals surface area contributed by atoms with Crippen molar-refractivity contribution in [3.05, 3.63) is 28.8 Å². The maximum Gasteiger partial charge on any atom is 0.250 e. The molecule has 5 nitrogen and oxygen atoms in total. The molecule has 1 aromatic carbocycles. The van der Waals surface area contributed by atoms with Gasteiger partial charge in [0.25, 0.3) is 0 Å². The highest BCUT2D eigenvalue weighted by Gasteiger charge is 2.11. The van der Waals surface area contributed by atoms with Crippen molar-refractivity contribution in [3.8, 4) is 0 Å². The minimum atomic E-state index is -0.579. The molecule has 0 bridgehead atoms. The summed E-state index contributed by atoms with van der Waals surface area (Å²) in [4.78, 5) is 22.7. The van der Waals surface area contributed by atoms with Gasteiger partial charge in [0.1, 0.15) is 0 Å². The molecule has 6 heteroatoms. The van der Waals surface area contributed by atoms with E-state index >= 15 is 0 Å². The van der Waals surface area contributed by atoms with Crippen LogP contribution in [0, 0.1) is 5.92 Å². The number of halogens is 1. The van der Waals surface area contributed by atoms with E-state index in [9.17, 15) is 9.59 Å². The maximum absolute atomic E-state index is 11.7. The summed E-state index contributed by atoms with van der Waals surface area (Å²) in [7, 11) is 0. The highest BCUT2D eigenvalue weighted by Crippen LogP contribution is 2.20. The molecule has 0 saturated heterocycles. The summed E-state index contributed by atoms with van der Waals surface area (Å²) < 4.78 is 0. The van der Waals surface area contributed by atoms with Crippen LogP contribution in [0.5, 0.6) is 0 Å². The molecule has 0 heterocycles. The number of rotatable bonds is 6. The quantitative estimate of drug-likeness (QED) is 0.751. The number of anilines is 1. The Bertz CT molecular complexity index is 503. The Morgan fingerprint density at radius 3 is 2.45 bits per heavy atom. The Kier molecular flexibility index (Phi) is 5.82. The molecule has 1 atom stereocenters. The van der Waals surface area contributed by atoms with E-state index in [4.69, 9.17) is 17.3 Å². The Labute approximate surface area is 123 Å². The molecule has 0 saturated carbocycles. The number of amides is 2. The fourth-order valence-electron chi connectivity index (χ4n) is 1.48. The molecule has 0 spiro atoms. The molecule has 0 aliphatic heterocycles. The zero-order valence-corrected chi connectivity index (χ0v) is 12.6. The van der Waals surface area contributed by atoms with E-state index in [0.29, 0.717) is 11.6 Å². The minimum absolute atomic E-state index is 0.0960. The zero-order chi connectivity index (χ0) is 15.3. The third kappa shape index (κ3) is 4.74. The van der Waals surface area contributed by atoms with Crippen LogP contribution in [0.2, 0.25) is 5.02 Å². The minimum Gasteiger partial charge on any atom is -0.376 e. The van der Waals surface area contributed by atoms with Crippen LogP contribution in [0.15, 0.2) is 18.2 Å².